The summed E-state index contributed by atoms with van der Waals surface area (Å²) in [6.07, 6.45) is 3.47. The Bertz CT molecular complexity index is 858. The summed E-state index contributed by atoms with van der Waals surface area (Å²) in [5, 5.41) is 3.64. The maximum absolute atomic E-state index is 12.8. The lowest BCUT2D eigenvalue weighted by Crippen LogP contribution is -2.46. The van der Waals surface area contributed by atoms with Gasteiger partial charge in [0.05, 0.1) is 5.92 Å². The van der Waals surface area contributed by atoms with Crippen molar-refractivity contribution < 1.29 is 14.0 Å². The van der Waals surface area contributed by atoms with Gasteiger partial charge in [0, 0.05) is 25.0 Å². The monoisotopic (exact) mass is 356 g/mol. The fraction of sp³-hybridized carbons (Fsp3) is 0.450. The van der Waals surface area contributed by atoms with Crippen LogP contribution in [0.5, 0.6) is 0 Å². The van der Waals surface area contributed by atoms with Crippen molar-refractivity contribution in [2.24, 2.45) is 5.92 Å². The number of unbranched alkanes of at least 4 members (excludes halogenated alkanes) is 1. The zero-order chi connectivity index (χ0) is 18.5. The SMILES string of the molecule is CCCCNC(=O)C1CCCN(C(=O)c2cc3ccccc3oc2=O)C1. The third-order valence-electron chi connectivity index (χ3n) is 4.78. The van der Waals surface area contributed by atoms with Gasteiger partial charge >= 0.3 is 5.63 Å². The van der Waals surface area contributed by atoms with E-state index in [9.17, 15) is 14.4 Å². The van der Waals surface area contributed by atoms with Gasteiger partial charge < -0.3 is 14.6 Å². The van der Waals surface area contributed by atoms with E-state index in [0.717, 1.165) is 25.7 Å². The Hall–Kier alpha value is -2.63. The first kappa shape index (κ1) is 18.2. The minimum Gasteiger partial charge on any atom is -0.422 e. The number of amides is 2. The molecule has 1 aromatic heterocycles. The number of benzene rings is 1. The van der Waals surface area contributed by atoms with Crippen molar-refractivity contribution in [1.82, 2.24) is 10.2 Å². The smallest absolute Gasteiger partial charge is 0.349 e. The number of likely N-dealkylation sites (tertiary alicyclic amines) is 1. The number of rotatable bonds is 5. The van der Waals surface area contributed by atoms with E-state index in [1.165, 1.54) is 0 Å². The molecule has 2 heterocycles. The molecule has 0 spiro atoms. The summed E-state index contributed by atoms with van der Waals surface area (Å²) in [4.78, 5) is 38.9. The maximum atomic E-state index is 12.8. The Morgan fingerprint density at radius 1 is 1.31 bits per heavy atom. The topological polar surface area (TPSA) is 79.6 Å². The van der Waals surface area contributed by atoms with Crippen molar-refractivity contribution in [3.63, 3.8) is 0 Å². The predicted molar refractivity (Wildman–Crippen MR) is 99.0 cm³/mol. The number of hydrogen-bond donors (Lipinski definition) is 1. The summed E-state index contributed by atoms with van der Waals surface area (Å²) in [7, 11) is 0. The predicted octanol–water partition coefficient (Wildman–Crippen LogP) is 2.56. The standard InChI is InChI=1S/C20H24N2O4/c1-2-3-10-21-18(23)15-8-6-11-22(13-15)19(24)16-12-14-7-4-5-9-17(14)26-20(16)25/h4-5,7,9,12,15H,2-3,6,8,10-11,13H2,1H3,(H,21,23). The number of hydrogen-bond acceptors (Lipinski definition) is 4. The van der Waals surface area contributed by atoms with Gasteiger partial charge in [-0.15, -0.1) is 0 Å². The highest BCUT2D eigenvalue weighted by molar-refractivity contribution is 5.97. The summed E-state index contributed by atoms with van der Waals surface area (Å²) in [6.45, 7) is 3.61. The number of carbonyl (C=O) groups is 2. The Kier molecular flexibility index (Phi) is 5.71. The average Bonchev–Trinajstić information content (AvgIpc) is 2.67. The summed E-state index contributed by atoms with van der Waals surface area (Å²) in [6, 6.07) is 8.68. The number of fused-ring (bicyclic) bond motifs is 1. The van der Waals surface area contributed by atoms with Crippen LogP contribution in [0.15, 0.2) is 39.5 Å². The van der Waals surface area contributed by atoms with Crippen LogP contribution in [0.4, 0.5) is 0 Å². The van der Waals surface area contributed by atoms with E-state index in [-0.39, 0.29) is 23.3 Å². The van der Waals surface area contributed by atoms with E-state index in [0.29, 0.717) is 30.6 Å². The molecule has 0 saturated carbocycles. The first-order valence-electron chi connectivity index (χ1n) is 9.20. The van der Waals surface area contributed by atoms with Gasteiger partial charge in [-0.2, -0.15) is 0 Å². The Morgan fingerprint density at radius 3 is 2.92 bits per heavy atom. The van der Waals surface area contributed by atoms with E-state index in [1.807, 2.05) is 6.07 Å². The van der Waals surface area contributed by atoms with Gasteiger partial charge in [-0.05, 0) is 31.4 Å². The van der Waals surface area contributed by atoms with Gasteiger partial charge in [0.1, 0.15) is 11.1 Å². The highest BCUT2D eigenvalue weighted by Crippen LogP contribution is 2.20. The molecule has 2 aromatic rings. The second-order valence-electron chi connectivity index (χ2n) is 6.72. The Balaban J connectivity index is 1.74. The molecular weight excluding hydrogens is 332 g/mol. The fourth-order valence-corrected chi connectivity index (χ4v) is 3.29. The number of piperidine rings is 1. The van der Waals surface area contributed by atoms with Gasteiger partial charge in [-0.3, -0.25) is 9.59 Å². The summed E-state index contributed by atoms with van der Waals surface area (Å²) >= 11 is 0. The number of carbonyl (C=O) groups excluding carboxylic acids is 2. The summed E-state index contributed by atoms with van der Waals surface area (Å²) in [5.41, 5.74) is -0.153. The van der Waals surface area contributed by atoms with Crippen LogP contribution in [0.2, 0.25) is 0 Å². The molecule has 6 heteroatoms. The van der Waals surface area contributed by atoms with Gasteiger partial charge in [0.15, 0.2) is 0 Å². The molecule has 2 amide bonds. The normalized spacial score (nSPS) is 17.3. The molecule has 1 N–H and O–H groups in total. The summed E-state index contributed by atoms with van der Waals surface area (Å²) in [5.74, 6) is -0.603. The molecule has 1 aliphatic rings. The van der Waals surface area contributed by atoms with Crippen LogP contribution < -0.4 is 10.9 Å². The van der Waals surface area contributed by atoms with Crippen LogP contribution in [-0.4, -0.2) is 36.3 Å². The van der Waals surface area contributed by atoms with E-state index >= 15 is 0 Å². The molecule has 26 heavy (non-hydrogen) atoms. The summed E-state index contributed by atoms with van der Waals surface area (Å²) < 4.78 is 5.26. The molecule has 3 rings (SSSR count). The zero-order valence-corrected chi connectivity index (χ0v) is 15.0. The highest BCUT2D eigenvalue weighted by Gasteiger charge is 2.30. The largest absolute Gasteiger partial charge is 0.422 e. The molecule has 1 fully saturated rings. The molecule has 0 aliphatic carbocycles. The highest BCUT2D eigenvalue weighted by atomic mass is 16.4. The van der Waals surface area contributed by atoms with Gasteiger partial charge in [0.2, 0.25) is 5.91 Å². The quantitative estimate of drug-likeness (QED) is 0.660. The van der Waals surface area contributed by atoms with Gasteiger partial charge in [0.25, 0.3) is 5.91 Å². The van der Waals surface area contributed by atoms with Crippen molar-refractivity contribution in [3.8, 4) is 0 Å². The van der Waals surface area contributed by atoms with Crippen molar-refractivity contribution in [2.75, 3.05) is 19.6 Å². The van der Waals surface area contributed by atoms with E-state index in [1.54, 1.807) is 29.2 Å². The van der Waals surface area contributed by atoms with Crippen molar-refractivity contribution in [1.29, 1.82) is 0 Å². The minimum atomic E-state index is -0.636. The van der Waals surface area contributed by atoms with Gasteiger partial charge in [-0.25, -0.2) is 4.79 Å². The average molecular weight is 356 g/mol. The third kappa shape index (κ3) is 3.95. The lowest BCUT2D eigenvalue weighted by Gasteiger charge is -2.31. The number of nitrogens with one attached hydrogen (secondary N) is 1. The lowest BCUT2D eigenvalue weighted by atomic mass is 9.96. The number of para-hydroxylation sites is 1. The molecule has 1 unspecified atom stereocenters. The van der Waals surface area contributed by atoms with Crippen LogP contribution >= 0.6 is 0 Å². The molecule has 0 bridgehead atoms. The van der Waals surface area contributed by atoms with E-state index in [4.69, 9.17) is 4.42 Å². The molecule has 6 nitrogen and oxygen atoms in total. The molecule has 1 atom stereocenters. The van der Waals surface area contributed by atoms with Crippen LogP contribution in [0.25, 0.3) is 11.0 Å². The third-order valence-corrected chi connectivity index (χ3v) is 4.78. The Morgan fingerprint density at radius 2 is 2.12 bits per heavy atom. The minimum absolute atomic E-state index is 0.0125. The van der Waals surface area contributed by atoms with E-state index < -0.39 is 5.63 Å². The maximum Gasteiger partial charge on any atom is 0.349 e. The van der Waals surface area contributed by atoms with Crippen LogP contribution in [-0.2, 0) is 4.79 Å². The molecule has 1 saturated heterocycles. The second kappa shape index (κ2) is 8.17. The second-order valence-corrected chi connectivity index (χ2v) is 6.72. The molecule has 138 valence electrons. The van der Waals surface area contributed by atoms with Crippen LogP contribution in [0, 0.1) is 5.92 Å². The first-order chi connectivity index (χ1) is 12.6. The zero-order valence-electron chi connectivity index (χ0n) is 15.0. The fourth-order valence-electron chi connectivity index (χ4n) is 3.29. The van der Waals surface area contributed by atoms with Gasteiger partial charge in [-0.1, -0.05) is 31.5 Å². The first-order valence-corrected chi connectivity index (χ1v) is 9.20. The molecule has 1 aliphatic heterocycles. The van der Waals surface area contributed by atoms with Crippen molar-refractivity contribution in [3.05, 3.63) is 46.3 Å². The van der Waals surface area contributed by atoms with Crippen LogP contribution in [0.1, 0.15) is 43.0 Å². The number of nitrogens with zero attached hydrogens (tertiary/aromatic N) is 1. The molecular formula is C20H24N2O4. The van der Waals surface area contributed by atoms with Crippen molar-refractivity contribution >= 4 is 22.8 Å². The molecule has 0 radical (unpaired) electrons. The lowest BCUT2D eigenvalue weighted by molar-refractivity contribution is -0.126. The van der Waals surface area contributed by atoms with E-state index in [2.05, 4.69) is 12.2 Å². The van der Waals surface area contributed by atoms with Crippen LogP contribution in [0.3, 0.4) is 0 Å². The Labute approximate surface area is 152 Å². The molecule has 1 aromatic carbocycles. The van der Waals surface area contributed by atoms with Crippen molar-refractivity contribution in [2.45, 2.75) is 32.6 Å².